The minimum Gasteiger partial charge on any atom is -0.472 e. The zero-order valence-corrected chi connectivity index (χ0v) is 22.2. The SMILES string of the molecule is C=C(C(=O)NC1CCC2(OC(C)=O)CN(CC3CC3)CCC2(c2cccc(OC(C)=O)c2)C1)c1ccoc1. The van der Waals surface area contributed by atoms with E-state index >= 15 is 0 Å². The molecule has 1 aliphatic heterocycles. The van der Waals surface area contributed by atoms with Gasteiger partial charge in [-0.3, -0.25) is 19.3 Å². The molecule has 3 atom stereocenters. The molecule has 1 amide bonds. The lowest BCUT2D eigenvalue weighted by atomic mass is 9.55. The first-order chi connectivity index (χ1) is 18.2. The van der Waals surface area contributed by atoms with Crippen LogP contribution in [0.1, 0.15) is 63.5 Å². The zero-order valence-electron chi connectivity index (χ0n) is 22.2. The number of esters is 2. The lowest BCUT2D eigenvalue weighted by molar-refractivity contribution is -0.187. The van der Waals surface area contributed by atoms with E-state index in [-0.39, 0.29) is 17.9 Å². The van der Waals surface area contributed by atoms with Crippen LogP contribution in [0.3, 0.4) is 0 Å². The minimum atomic E-state index is -0.760. The smallest absolute Gasteiger partial charge is 0.308 e. The first-order valence-electron chi connectivity index (χ1n) is 13.4. The maximum atomic E-state index is 13.1. The van der Waals surface area contributed by atoms with Gasteiger partial charge in [0.15, 0.2) is 0 Å². The largest absolute Gasteiger partial charge is 0.472 e. The molecule has 1 aromatic carbocycles. The lowest BCUT2D eigenvalue weighted by Crippen LogP contribution is -2.68. The van der Waals surface area contributed by atoms with Crippen LogP contribution in [0, 0.1) is 5.92 Å². The summed E-state index contributed by atoms with van der Waals surface area (Å²) >= 11 is 0. The second-order valence-corrected chi connectivity index (χ2v) is 11.1. The first-order valence-corrected chi connectivity index (χ1v) is 13.4. The molecular weight excluding hydrogens is 484 g/mol. The van der Waals surface area contributed by atoms with Crippen molar-refractivity contribution in [2.75, 3.05) is 19.6 Å². The standard InChI is InChI=1S/C30H36N2O6/c1-20(24-10-14-36-18-24)28(35)31-26-9-11-30(38-22(3)34)19-32(17-23-7-8-23)13-12-29(30,16-26)25-5-4-6-27(15-25)37-21(2)33/h4-6,10,14-15,18,23,26H,1,7-9,11-13,16-17,19H2,2-3H3,(H,31,35). The minimum absolute atomic E-state index is 0.151. The van der Waals surface area contributed by atoms with Crippen LogP contribution in [0.4, 0.5) is 0 Å². The topological polar surface area (TPSA) is 98.1 Å². The fourth-order valence-corrected chi connectivity index (χ4v) is 6.49. The molecule has 1 N–H and O–H groups in total. The molecule has 8 heteroatoms. The number of carbonyl (C=O) groups excluding carboxylic acids is 3. The van der Waals surface area contributed by atoms with Crippen molar-refractivity contribution in [3.63, 3.8) is 0 Å². The third kappa shape index (κ3) is 5.27. The van der Waals surface area contributed by atoms with Crippen LogP contribution in [0.15, 0.2) is 53.9 Å². The Hall–Kier alpha value is -3.39. The molecule has 202 valence electrons. The highest BCUT2D eigenvalue weighted by molar-refractivity contribution is 6.18. The Balaban J connectivity index is 1.49. The molecule has 3 unspecified atom stereocenters. The number of ether oxygens (including phenoxy) is 2. The van der Waals surface area contributed by atoms with E-state index in [1.54, 1.807) is 12.1 Å². The van der Waals surface area contributed by atoms with Gasteiger partial charge in [0.05, 0.1) is 12.5 Å². The van der Waals surface area contributed by atoms with E-state index in [1.807, 2.05) is 18.2 Å². The van der Waals surface area contributed by atoms with Crippen molar-refractivity contribution >= 4 is 23.4 Å². The van der Waals surface area contributed by atoms with Crippen molar-refractivity contribution in [2.45, 2.75) is 69.4 Å². The Bertz CT molecular complexity index is 1220. The van der Waals surface area contributed by atoms with Crippen LogP contribution in [0.5, 0.6) is 5.75 Å². The number of nitrogens with one attached hydrogen (secondary N) is 1. The second-order valence-electron chi connectivity index (χ2n) is 11.1. The highest BCUT2D eigenvalue weighted by atomic mass is 16.6. The van der Waals surface area contributed by atoms with Gasteiger partial charge in [-0.1, -0.05) is 18.7 Å². The van der Waals surface area contributed by atoms with Crippen molar-refractivity contribution in [1.29, 1.82) is 0 Å². The maximum absolute atomic E-state index is 13.1. The summed E-state index contributed by atoms with van der Waals surface area (Å²) in [6.45, 7) is 9.32. The predicted octanol–water partition coefficient (Wildman–Crippen LogP) is 4.24. The van der Waals surface area contributed by atoms with Gasteiger partial charge in [0, 0.05) is 49.5 Å². The van der Waals surface area contributed by atoms with Crippen LogP contribution >= 0.6 is 0 Å². The Morgan fingerprint density at radius 2 is 1.95 bits per heavy atom. The molecule has 2 aliphatic carbocycles. The average molecular weight is 521 g/mol. The third-order valence-electron chi connectivity index (χ3n) is 8.38. The number of fused-ring (bicyclic) bond motifs is 1. The summed E-state index contributed by atoms with van der Waals surface area (Å²) in [5.74, 6) is 0.229. The number of rotatable bonds is 8. The maximum Gasteiger partial charge on any atom is 0.308 e. The van der Waals surface area contributed by atoms with Gasteiger partial charge in [0.2, 0.25) is 0 Å². The van der Waals surface area contributed by atoms with Crippen molar-refractivity contribution in [2.24, 2.45) is 5.92 Å². The van der Waals surface area contributed by atoms with E-state index in [1.165, 1.54) is 39.2 Å². The molecule has 0 radical (unpaired) electrons. The van der Waals surface area contributed by atoms with Crippen LogP contribution in [0.2, 0.25) is 0 Å². The lowest BCUT2D eigenvalue weighted by Gasteiger charge is -2.59. The van der Waals surface area contributed by atoms with E-state index in [0.717, 1.165) is 25.1 Å². The van der Waals surface area contributed by atoms with E-state index in [9.17, 15) is 14.4 Å². The summed E-state index contributed by atoms with van der Waals surface area (Å²) in [6.07, 6.45) is 8.14. The van der Waals surface area contributed by atoms with Crippen LogP contribution < -0.4 is 10.1 Å². The van der Waals surface area contributed by atoms with Gasteiger partial charge in [-0.05, 0) is 74.8 Å². The average Bonchev–Trinajstić information content (AvgIpc) is 3.51. The van der Waals surface area contributed by atoms with Crippen molar-refractivity contribution in [1.82, 2.24) is 10.2 Å². The van der Waals surface area contributed by atoms with E-state index < -0.39 is 17.0 Å². The number of hydrogen-bond acceptors (Lipinski definition) is 7. The van der Waals surface area contributed by atoms with Gasteiger partial charge in [-0.15, -0.1) is 0 Å². The van der Waals surface area contributed by atoms with Crippen molar-refractivity contribution in [3.8, 4) is 5.75 Å². The Morgan fingerprint density at radius 3 is 2.63 bits per heavy atom. The number of furan rings is 1. The molecule has 3 fully saturated rings. The summed E-state index contributed by atoms with van der Waals surface area (Å²) in [4.78, 5) is 39.8. The Morgan fingerprint density at radius 1 is 1.13 bits per heavy atom. The molecule has 5 rings (SSSR count). The highest BCUT2D eigenvalue weighted by Gasteiger charge is 2.61. The van der Waals surface area contributed by atoms with Gasteiger partial charge in [0.1, 0.15) is 11.4 Å². The molecule has 0 spiro atoms. The summed E-state index contributed by atoms with van der Waals surface area (Å²) in [5.41, 5.74) is 0.618. The first kappa shape index (κ1) is 26.2. The molecule has 38 heavy (non-hydrogen) atoms. The monoisotopic (exact) mass is 520 g/mol. The predicted molar refractivity (Wildman–Crippen MR) is 141 cm³/mol. The number of benzene rings is 1. The van der Waals surface area contributed by atoms with E-state index in [0.29, 0.717) is 48.6 Å². The number of piperidine rings is 1. The number of nitrogens with zero attached hydrogens (tertiary/aromatic N) is 1. The second kappa shape index (κ2) is 10.4. The van der Waals surface area contributed by atoms with Gasteiger partial charge in [0.25, 0.3) is 5.91 Å². The molecule has 2 saturated carbocycles. The van der Waals surface area contributed by atoms with Crippen LogP contribution in [-0.4, -0.2) is 54.0 Å². The fourth-order valence-electron chi connectivity index (χ4n) is 6.49. The summed E-state index contributed by atoms with van der Waals surface area (Å²) in [5, 5.41) is 3.19. The number of hydrogen-bond donors (Lipinski definition) is 1. The number of amides is 1. The molecule has 8 nitrogen and oxygen atoms in total. The highest BCUT2D eigenvalue weighted by Crippen LogP contribution is 2.54. The van der Waals surface area contributed by atoms with Gasteiger partial charge < -0.3 is 19.2 Å². The molecule has 2 heterocycles. The van der Waals surface area contributed by atoms with Crippen LogP contribution in [0.25, 0.3) is 5.57 Å². The fraction of sp³-hybridized carbons (Fsp3) is 0.500. The molecular formula is C30H36N2O6. The van der Waals surface area contributed by atoms with Gasteiger partial charge in [-0.25, -0.2) is 0 Å². The normalized spacial score (nSPS) is 27.2. The van der Waals surface area contributed by atoms with Crippen molar-refractivity contribution < 1.29 is 28.3 Å². The molecule has 3 aliphatic rings. The van der Waals surface area contributed by atoms with Gasteiger partial charge >= 0.3 is 11.9 Å². The number of likely N-dealkylation sites (tertiary alicyclic amines) is 1. The molecule has 1 aromatic heterocycles. The molecule has 2 aromatic rings. The number of carbonyl (C=O) groups is 3. The summed E-state index contributed by atoms with van der Waals surface area (Å²) in [6, 6.07) is 9.12. The van der Waals surface area contributed by atoms with Crippen LogP contribution in [-0.2, 0) is 24.5 Å². The van der Waals surface area contributed by atoms with E-state index in [2.05, 4.69) is 16.8 Å². The molecule has 0 bridgehead atoms. The molecule has 1 saturated heterocycles. The summed E-state index contributed by atoms with van der Waals surface area (Å²) in [7, 11) is 0. The van der Waals surface area contributed by atoms with Gasteiger partial charge in [-0.2, -0.15) is 0 Å². The Kier molecular flexibility index (Phi) is 7.18. The zero-order chi connectivity index (χ0) is 26.9. The van der Waals surface area contributed by atoms with Crippen molar-refractivity contribution in [3.05, 3.63) is 60.6 Å². The Labute approximate surface area is 223 Å². The van der Waals surface area contributed by atoms with E-state index in [4.69, 9.17) is 13.9 Å². The third-order valence-corrected chi connectivity index (χ3v) is 8.38. The summed E-state index contributed by atoms with van der Waals surface area (Å²) < 4.78 is 16.9. The quantitative estimate of drug-likeness (QED) is 0.316.